The minimum absolute atomic E-state index is 0.669. The Morgan fingerprint density at radius 1 is 1.11 bits per heavy atom. The number of piperazine rings is 1. The zero-order valence-electron chi connectivity index (χ0n) is 21.0. The second-order valence-corrected chi connectivity index (χ2v) is 9.13. The fourth-order valence-electron chi connectivity index (χ4n) is 4.27. The average molecular weight is 489 g/mol. The van der Waals surface area contributed by atoms with Gasteiger partial charge in [-0.3, -0.25) is 0 Å². The number of hydrogen-bond donors (Lipinski definition) is 1. The van der Waals surface area contributed by atoms with E-state index in [1.54, 1.807) is 0 Å². The molecule has 1 saturated heterocycles. The molecule has 35 heavy (non-hydrogen) atoms. The molecule has 5 heteroatoms. The Bertz CT molecular complexity index is 1080. The first-order valence-electron chi connectivity index (χ1n) is 12.0. The summed E-state index contributed by atoms with van der Waals surface area (Å²) in [6.07, 6.45) is 9.92. The molecule has 0 unspecified atom stereocenters. The first-order chi connectivity index (χ1) is 16.9. The van der Waals surface area contributed by atoms with Gasteiger partial charge < -0.3 is 20.0 Å². The van der Waals surface area contributed by atoms with Crippen LogP contribution in [0.5, 0.6) is 0 Å². The van der Waals surface area contributed by atoms with Gasteiger partial charge in [0.1, 0.15) is 0 Å². The van der Waals surface area contributed by atoms with Crippen molar-refractivity contribution in [2.24, 2.45) is 0 Å². The fourth-order valence-corrected chi connectivity index (χ4v) is 4.48. The second kappa shape index (κ2) is 13.0. The van der Waals surface area contributed by atoms with Gasteiger partial charge in [-0.1, -0.05) is 86.0 Å². The van der Waals surface area contributed by atoms with Gasteiger partial charge >= 0.3 is 0 Å². The molecule has 0 spiro atoms. The van der Waals surface area contributed by atoms with Gasteiger partial charge in [-0.25, -0.2) is 0 Å². The topological polar surface area (TPSA) is 21.8 Å². The van der Waals surface area contributed by atoms with Crippen LogP contribution < -0.4 is 15.1 Å². The van der Waals surface area contributed by atoms with Crippen LogP contribution in [-0.2, 0) is 6.54 Å². The number of halogens is 1. The second-order valence-electron chi connectivity index (χ2n) is 8.70. The van der Waals surface area contributed by atoms with E-state index in [4.69, 9.17) is 11.6 Å². The molecular formula is C30H37ClN4. The number of allylic oxidation sites excluding steroid dienone is 3. The van der Waals surface area contributed by atoms with Crippen molar-refractivity contribution in [1.82, 2.24) is 10.2 Å². The Morgan fingerprint density at radius 3 is 2.49 bits per heavy atom. The van der Waals surface area contributed by atoms with E-state index >= 15 is 0 Å². The van der Waals surface area contributed by atoms with Crippen LogP contribution in [0.3, 0.4) is 0 Å². The Labute approximate surface area is 216 Å². The number of nitrogens with one attached hydrogen (secondary N) is 1. The molecule has 2 aromatic rings. The zero-order chi connectivity index (χ0) is 25.2. The third-order valence-corrected chi connectivity index (χ3v) is 6.28. The summed E-state index contributed by atoms with van der Waals surface area (Å²) in [6.45, 7) is 20.0. The van der Waals surface area contributed by atoms with Crippen LogP contribution in [0.2, 0.25) is 5.02 Å². The van der Waals surface area contributed by atoms with Gasteiger partial charge in [-0.15, -0.1) is 0 Å². The highest BCUT2D eigenvalue weighted by atomic mass is 35.5. The molecule has 1 aliphatic heterocycles. The number of hydrogen-bond acceptors (Lipinski definition) is 4. The summed E-state index contributed by atoms with van der Waals surface area (Å²) in [5, 5.41) is 4.15. The van der Waals surface area contributed by atoms with Gasteiger partial charge in [-0.05, 0) is 36.4 Å². The van der Waals surface area contributed by atoms with Crippen LogP contribution in [0.4, 0.5) is 11.4 Å². The minimum atomic E-state index is 0.669. The van der Waals surface area contributed by atoms with Crippen molar-refractivity contribution in [3.63, 3.8) is 0 Å². The van der Waals surface area contributed by atoms with Crippen molar-refractivity contribution in [2.75, 3.05) is 49.6 Å². The number of rotatable bonds is 11. The molecule has 2 aromatic carbocycles. The maximum Gasteiger partial charge on any atom is 0.0497 e. The number of nitrogens with zero attached hydrogens (tertiary/aromatic N) is 3. The summed E-state index contributed by atoms with van der Waals surface area (Å²) in [4.78, 5) is 6.71. The van der Waals surface area contributed by atoms with E-state index in [0.717, 1.165) is 54.4 Å². The molecule has 0 radical (unpaired) electrons. The lowest BCUT2D eigenvalue weighted by Gasteiger charge is -2.36. The largest absolute Gasteiger partial charge is 0.370 e. The van der Waals surface area contributed by atoms with E-state index in [2.05, 4.69) is 77.1 Å². The molecule has 3 rings (SSSR count). The monoisotopic (exact) mass is 488 g/mol. The van der Waals surface area contributed by atoms with E-state index in [9.17, 15) is 0 Å². The van der Waals surface area contributed by atoms with Crippen LogP contribution in [0, 0.1) is 0 Å². The number of anilines is 2. The van der Waals surface area contributed by atoms with E-state index in [0.29, 0.717) is 18.1 Å². The summed E-state index contributed by atoms with van der Waals surface area (Å²) in [5.41, 5.74) is 6.29. The van der Waals surface area contributed by atoms with Crippen molar-refractivity contribution in [3.8, 4) is 0 Å². The van der Waals surface area contributed by atoms with Gasteiger partial charge in [0.15, 0.2) is 0 Å². The highest BCUT2D eigenvalue weighted by Gasteiger charge is 2.24. The van der Waals surface area contributed by atoms with Gasteiger partial charge in [-0.2, -0.15) is 0 Å². The minimum Gasteiger partial charge on any atom is -0.370 e. The molecule has 0 aromatic heterocycles. The Kier molecular flexibility index (Phi) is 9.83. The summed E-state index contributed by atoms with van der Waals surface area (Å²) >= 11 is 6.69. The van der Waals surface area contributed by atoms with Crippen LogP contribution in [0.1, 0.15) is 18.1 Å². The highest BCUT2D eigenvalue weighted by molar-refractivity contribution is 6.31. The highest BCUT2D eigenvalue weighted by Crippen LogP contribution is 2.40. The maximum absolute atomic E-state index is 6.69. The molecule has 0 amide bonds. The number of benzene rings is 2. The maximum atomic E-state index is 6.69. The first-order valence-corrected chi connectivity index (χ1v) is 12.4. The molecule has 0 saturated carbocycles. The van der Waals surface area contributed by atoms with Crippen LogP contribution in [0.15, 0.2) is 98.3 Å². The van der Waals surface area contributed by atoms with Crippen LogP contribution >= 0.6 is 11.6 Å². The van der Waals surface area contributed by atoms with Crippen molar-refractivity contribution in [3.05, 3.63) is 114 Å². The molecular weight excluding hydrogens is 452 g/mol. The van der Waals surface area contributed by atoms with Crippen LogP contribution in [-0.4, -0.2) is 44.7 Å². The molecule has 0 bridgehead atoms. The Morgan fingerprint density at radius 2 is 1.83 bits per heavy atom. The summed E-state index contributed by atoms with van der Waals surface area (Å²) < 4.78 is 0. The Balaban J connectivity index is 2.03. The molecule has 1 fully saturated rings. The van der Waals surface area contributed by atoms with Gasteiger partial charge in [0, 0.05) is 74.0 Å². The lowest BCUT2D eigenvalue weighted by Crippen LogP contribution is -2.44. The molecule has 0 atom stereocenters. The third kappa shape index (κ3) is 7.14. The fraction of sp³-hybridized carbons (Fsp3) is 0.267. The molecule has 0 aliphatic carbocycles. The van der Waals surface area contributed by atoms with Gasteiger partial charge in [0.05, 0.1) is 0 Å². The number of likely N-dealkylation sites (N-methyl/N-ethyl adjacent to an activating group) is 1. The van der Waals surface area contributed by atoms with Crippen LogP contribution in [0.25, 0.3) is 5.70 Å². The quantitative estimate of drug-likeness (QED) is 0.365. The standard InChI is InChI=1S/C30H37ClN4/c1-6-8-10-13-24(3)22-33(5)28-20-27(31)21-29(35-18-16-32-17-19-35)30(28)25(4)34(7-2)23-26-14-11-9-12-15-26/h6-15,20-21,32H,2-4,16-19,22-23H2,1,5H3/b8-6-,13-10-. The lowest BCUT2D eigenvalue weighted by atomic mass is 10.0. The Hall–Kier alpha value is -3.21. The molecule has 1 heterocycles. The summed E-state index contributed by atoms with van der Waals surface area (Å²) in [6, 6.07) is 14.5. The molecule has 1 aliphatic rings. The average Bonchev–Trinajstić information content (AvgIpc) is 2.87. The SMILES string of the molecule is C=CN(Cc1ccccc1)C(=C)c1c(N(C)CC(=C)/C=C\C=C/C)cc(Cl)cc1N1CCNCC1. The normalized spacial score (nSPS) is 13.9. The molecule has 184 valence electrons. The zero-order valence-corrected chi connectivity index (χ0v) is 21.8. The van der Waals surface area contributed by atoms with Gasteiger partial charge in [0.2, 0.25) is 0 Å². The van der Waals surface area contributed by atoms with Crippen molar-refractivity contribution < 1.29 is 0 Å². The van der Waals surface area contributed by atoms with E-state index < -0.39 is 0 Å². The predicted octanol–water partition coefficient (Wildman–Crippen LogP) is 6.49. The summed E-state index contributed by atoms with van der Waals surface area (Å²) in [7, 11) is 2.08. The van der Waals surface area contributed by atoms with Gasteiger partial charge in [0.25, 0.3) is 0 Å². The van der Waals surface area contributed by atoms with Crippen molar-refractivity contribution >= 4 is 28.7 Å². The lowest BCUT2D eigenvalue weighted by molar-refractivity contribution is 0.528. The van der Waals surface area contributed by atoms with E-state index in [1.165, 1.54) is 5.56 Å². The summed E-state index contributed by atoms with van der Waals surface area (Å²) in [5.74, 6) is 0. The predicted molar refractivity (Wildman–Crippen MR) is 154 cm³/mol. The van der Waals surface area contributed by atoms with E-state index in [-0.39, 0.29) is 0 Å². The van der Waals surface area contributed by atoms with Crippen molar-refractivity contribution in [1.29, 1.82) is 0 Å². The van der Waals surface area contributed by atoms with Crippen molar-refractivity contribution in [2.45, 2.75) is 13.5 Å². The molecule has 1 N–H and O–H groups in total. The smallest absolute Gasteiger partial charge is 0.0497 e. The first kappa shape index (κ1) is 26.4. The van der Waals surface area contributed by atoms with E-state index in [1.807, 2.05) is 49.6 Å². The third-order valence-electron chi connectivity index (χ3n) is 6.06. The molecule has 4 nitrogen and oxygen atoms in total.